The smallest absolute Gasteiger partial charge is 0.284 e. The fourth-order valence-corrected chi connectivity index (χ4v) is 5.89. The molecule has 8 heteroatoms. The summed E-state index contributed by atoms with van der Waals surface area (Å²) in [5, 5.41) is 4.26. The molecule has 1 amide bonds. The highest BCUT2D eigenvalue weighted by molar-refractivity contribution is 7.90. The van der Waals surface area contributed by atoms with Crippen LogP contribution in [0, 0.1) is 13.8 Å². The average molecular weight is 437 g/mol. The molecule has 160 valence electrons. The van der Waals surface area contributed by atoms with Gasteiger partial charge in [-0.1, -0.05) is 18.2 Å². The van der Waals surface area contributed by atoms with E-state index in [0.29, 0.717) is 25.3 Å². The Morgan fingerprint density at radius 3 is 2.26 bits per heavy atom. The second-order valence-corrected chi connectivity index (χ2v) is 9.89. The summed E-state index contributed by atoms with van der Waals surface area (Å²) in [6.07, 6.45) is 3.76. The number of anilines is 3. The first-order chi connectivity index (χ1) is 14.9. The van der Waals surface area contributed by atoms with Crippen molar-refractivity contribution in [3.05, 3.63) is 65.4 Å². The minimum Gasteiger partial charge on any atom is -0.325 e. The van der Waals surface area contributed by atoms with E-state index in [1.54, 1.807) is 35.4 Å². The summed E-state index contributed by atoms with van der Waals surface area (Å²) >= 11 is 0. The lowest BCUT2D eigenvalue weighted by Gasteiger charge is -2.24. The quantitative estimate of drug-likeness (QED) is 0.625. The summed E-state index contributed by atoms with van der Waals surface area (Å²) in [5.41, 5.74) is 4.87. The van der Waals surface area contributed by atoms with Crippen molar-refractivity contribution in [2.75, 3.05) is 22.9 Å². The van der Waals surface area contributed by atoms with Gasteiger partial charge in [-0.05, 0) is 62.1 Å². The van der Waals surface area contributed by atoms with Crippen molar-refractivity contribution in [1.82, 2.24) is 9.19 Å². The molecule has 0 N–H and O–H groups in total. The SMILES string of the molecule is Cc1cccc(C)c1N1CCc2cnn(S(=O)(=O)c3ccc(N4CCCC4=O)cc3)c21. The zero-order valence-corrected chi connectivity index (χ0v) is 18.4. The van der Waals surface area contributed by atoms with Gasteiger partial charge in [0.15, 0.2) is 5.82 Å². The minimum atomic E-state index is -3.88. The van der Waals surface area contributed by atoms with Crippen LogP contribution in [0.25, 0.3) is 0 Å². The monoisotopic (exact) mass is 436 g/mol. The number of aryl methyl sites for hydroxylation is 2. The van der Waals surface area contributed by atoms with Crippen LogP contribution in [-0.4, -0.2) is 36.6 Å². The van der Waals surface area contributed by atoms with Crippen molar-refractivity contribution in [3.8, 4) is 0 Å². The van der Waals surface area contributed by atoms with Crippen molar-refractivity contribution in [3.63, 3.8) is 0 Å². The third kappa shape index (κ3) is 3.13. The van der Waals surface area contributed by atoms with E-state index in [4.69, 9.17) is 0 Å². The normalized spacial score (nSPS) is 16.3. The number of nitrogens with zero attached hydrogens (tertiary/aromatic N) is 4. The number of hydrogen-bond donors (Lipinski definition) is 0. The number of carbonyl (C=O) groups excluding carboxylic acids is 1. The molecule has 1 saturated heterocycles. The van der Waals surface area contributed by atoms with Gasteiger partial charge >= 0.3 is 0 Å². The first-order valence-electron chi connectivity index (χ1n) is 10.4. The highest BCUT2D eigenvalue weighted by Crippen LogP contribution is 2.39. The summed E-state index contributed by atoms with van der Waals surface area (Å²) in [7, 11) is -3.88. The second-order valence-electron chi connectivity index (χ2n) is 8.13. The molecule has 1 fully saturated rings. The Kier molecular flexibility index (Phi) is 4.62. The molecule has 7 nitrogen and oxygen atoms in total. The number of amides is 1. The number of rotatable bonds is 4. The molecular weight excluding hydrogens is 412 g/mol. The van der Waals surface area contributed by atoms with Gasteiger partial charge in [0.05, 0.1) is 11.1 Å². The fourth-order valence-electron chi connectivity index (χ4n) is 4.59. The lowest BCUT2D eigenvalue weighted by molar-refractivity contribution is -0.117. The van der Waals surface area contributed by atoms with Gasteiger partial charge in [-0.2, -0.15) is 13.5 Å². The molecule has 0 radical (unpaired) electrons. The number of carbonyl (C=O) groups is 1. The van der Waals surface area contributed by atoms with Gasteiger partial charge in [0.25, 0.3) is 10.0 Å². The van der Waals surface area contributed by atoms with Crippen LogP contribution in [0.4, 0.5) is 17.2 Å². The largest absolute Gasteiger partial charge is 0.325 e. The highest BCUT2D eigenvalue weighted by atomic mass is 32.2. The van der Waals surface area contributed by atoms with Crippen molar-refractivity contribution >= 4 is 33.1 Å². The fraction of sp³-hybridized carbons (Fsp3) is 0.304. The summed E-state index contributed by atoms with van der Waals surface area (Å²) in [4.78, 5) is 15.9. The van der Waals surface area contributed by atoms with E-state index in [0.717, 1.165) is 45.0 Å². The minimum absolute atomic E-state index is 0.0738. The first-order valence-corrected chi connectivity index (χ1v) is 11.9. The molecular formula is C23H24N4O3S. The Hall–Kier alpha value is -3.13. The molecule has 0 saturated carbocycles. The summed E-state index contributed by atoms with van der Waals surface area (Å²) in [6.45, 7) is 5.45. The van der Waals surface area contributed by atoms with Crippen LogP contribution >= 0.6 is 0 Å². The van der Waals surface area contributed by atoms with E-state index in [2.05, 4.69) is 10.00 Å². The van der Waals surface area contributed by atoms with Crippen LogP contribution in [-0.2, 0) is 21.2 Å². The van der Waals surface area contributed by atoms with Crippen LogP contribution in [0.1, 0.15) is 29.5 Å². The van der Waals surface area contributed by atoms with Crippen molar-refractivity contribution in [1.29, 1.82) is 0 Å². The first kappa shape index (κ1) is 19.8. The van der Waals surface area contributed by atoms with Gasteiger partial charge in [0.1, 0.15) is 0 Å². The average Bonchev–Trinajstić information content (AvgIpc) is 3.45. The summed E-state index contributed by atoms with van der Waals surface area (Å²) < 4.78 is 28.1. The van der Waals surface area contributed by atoms with Gasteiger partial charge in [-0.25, -0.2) is 0 Å². The van der Waals surface area contributed by atoms with Gasteiger partial charge in [-0.15, -0.1) is 4.09 Å². The molecule has 0 spiro atoms. The topological polar surface area (TPSA) is 75.5 Å². The van der Waals surface area contributed by atoms with Crippen LogP contribution < -0.4 is 9.80 Å². The van der Waals surface area contributed by atoms with Crippen LogP contribution in [0.2, 0.25) is 0 Å². The third-order valence-electron chi connectivity index (χ3n) is 6.10. The third-order valence-corrected chi connectivity index (χ3v) is 7.69. The Balaban J connectivity index is 1.54. The molecule has 31 heavy (non-hydrogen) atoms. The van der Waals surface area contributed by atoms with Crippen LogP contribution in [0.3, 0.4) is 0 Å². The van der Waals surface area contributed by atoms with Gasteiger partial charge in [-0.3, -0.25) is 4.79 Å². The lowest BCUT2D eigenvalue weighted by atomic mass is 10.1. The van der Waals surface area contributed by atoms with Crippen LogP contribution in [0.15, 0.2) is 53.6 Å². The van der Waals surface area contributed by atoms with Crippen molar-refractivity contribution in [2.45, 2.75) is 38.0 Å². The maximum absolute atomic E-state index is 13.5. The standard InChI is InChI=1S/C23H24N4O3S/c1-16-5-3-6-17(2)22(16)26-14-12-18-15-24-27(23(18)26)31(29,30)20-10-8-19(9-11-20)25-13-4-7-21(25)28/h3,5-6,8-11,15H,4,7,12-14H2,1-2H3. The number of para-hydroxylation sites is 1. The summed E-state index contributed by atoms with van der Waals surface area (Å²) in [6, 6.07) is 12.6. The maximum Gasteiger partial charge on any atom is 0.284 e. The molecule has 0 atom stereocenters. The van der Waals surface area contributed by atoms with Gasteiger partial charge < -0.3 is 9.80 Å². The van der Waals surface area contributed by atoms with Crippen molar-refractivity contribution < 1.29 is 13.2 Å². The maximum atomic E-state index is 13.5. The predicted octanol–water partition coefficient (Wildman–Crippen LogP) is 3.56. The lowest BCUT2D eigenvalue weighted by Crippen LogP contribution is -2.25. The van der Waals surface area contributed by atoms with E-state index >= 15 is 0 Å². The van der Waals surface area contributed by atoms with E-state index in [1.807, 2.05) is 32.0 Å². The van der Waals surface area contributed by atoms with E-state index in [1.165, 1.54) is 0 Å². The number of fused-ring (bicyclic) bond motifs is 1. The number of aromatic nitrogens is 2. The molecule has 3 aromatic rings. The molecule has 0 unspecified atom stereocenters. The molecule has 2 aromatic carbocycles. The highest BCUT2D eigenvalue weighted by Gasteiger charge is 2.33. The molecule has 2 aliphatic heterocycles. The Morgan fingerprint density at radius 1 is 0.903 bits per heavy atom. The number of benzene rings is 2. The van der Waals surface area contributed by atoms with E-state index < -0.39 is 10.0 Å². The molecule has 0 aliphatic carbocycles. The predicted molar refractivity (Wildman–Crippen MR) is 119 cm³/mol. The van der Waals surface area contributed by atoms with Crippen molar-refractivity contribution in [2.24, 2.45) is 0 Å². The Morgan fingerprint density at radius 2 is 1.61 bits per heavy atom. The van der Waals surface area contributed by atoms with Gasteiger partial charge in [0.2, 0.25) is 5.91 Å². The molecule has 3 heterocycles. The summed E-state index contributed by atoms with van der Waals surface area (Å²) in [5.74, 6) is 0.681. The molecule has 5 rings (SSSR count). The van der Waals surface area contributed by atoms with E-state index in [9.17, 15) is 13.2 Å². The zero-order valence-electron chi connectivity index (χ0n) is 17.6. The molecule has 1 aromatic heterocycles. The zero-order chi connectivity index (χ0) is 21.8. The van der Waals surface area contributed by atoms with Crippen LogP contribution in [0.5, 0.6) is 0 Å². The molecule has 2 aliphatic rings. The Labute approximate surface area is 182 Å². The second kappa shape index (κ2) is 7.23. The van der Waals surface area contributed by atoms with E-state index in [-0.39, 0.29) is 10.8 Å². The van der Waals surface area contributed by atoms with Gasteiger partial charge in [0, 0.05) is 36.4 Å². The molecule has 0 bridgehead atoms. The Bertz CT molecular complexity index is 1260. The number of hydrogen-bond acceptors (Lipinski definition) is 5.